The second-order valence-corrected chi connectivity index (χ2v) is 4.82. The Morgan fingerprint density at radius 3 is 2.60 bits per heavy atom. The number of carbonyl (C=O) groups excluding carboxylic acids is 1. The minimum Gasteiger partial charge on any atom is -0.294 e. The van der Waals surface area contributed by atoms with Crippen LogP contribution in [0, 0.1) is 10.1 Å². The van der Waals surface area contributed by atoms with E-state index in [1.165, 1.54) is 6.92 Å². The molecule has 20 heavy (non-hydrogen) atoms. The number of ketones is 1. The van der Waals surface area contributed by atoms with Gasteiger partial charge in [-0.2, -0.15) is 18.3 Å². The number of thiophene rings is 1. The van der Waals surface area contributed by atoms with Gasteiger partial charge in [0.2, 0.25) is 0 Å². The van der Waals surface area contributed by atoms with Crippen LogP contribution in [0.4, 0.5) is 18.9 Å². The number of nitro groups is 1. The van der Waals surface area contributed by atoms with Crippen LogP contribution in [0.1, 0.15) is 22.2 Å². The first kappa shape index (κ1) is 14.2. The fourth-order valence-corrected chi connectivity index (χ4v) is 2.37. The lowest BCUT2D eigenvalue weighted by molar-refractivity contribution is -0.384. The molecular formula is C10H6F3N3O3S. The number of halogens is 3. The summed E-state index contributed by atoms with van der Waals surface area (Å²) in [6.07, 6.45) is -3.38. The monoisotopic (exact) mass is 305 g/mol. The summed E-state index contributed by atoms with van der Waals surface area (Å²) in [6, 6.07) is 1.03. The van der Waals surface area contributed by atoms with Gasteiger partial charge in [-0.25, -0.2) is 4.68 Å². The SMILES string of the molecule is CC(=O)c1cc([N+](=O)[O-])c(-n2cc(C(F)(F)F)cn2)s1. The Labute approximate surface area is 113 Å². The maximum absolute atomic E-state index is 12.5. The Hall–Kier alpha value is -2.23. The third-order valence-electron chi connectivity index (χ3n) is 2.36. The zero-order valence-electron chi connectivity index (χ0n) is 9.84. The fourth-order valence-electron chi connectivity index (χ4n) is 1.42. The highest BCUT2D eigenvalue weighted by Gasteiger charge is 2.33. The lowest BCUT2D eigenvalue weighted by Gasteiger charge is -2.00. The number of rotatable bonds is 3. The van der Waals surface area contributed by atoms with Gasteiger partial charge in [0.05, 0.1) is 21.6 Å². The maximum Gasteiger partial charge on any atom is 0.419 e. The second kappa shape index (κ2) is 4.71. The van der Waals surface area contributed by atoms with Crippen LogP contribution >= 0.6 is 11.3 Å². The van der Waals surface area contributed by atoms with Gasteiger partial charge in [-0.05, 0) is 6.92 Å². The van der Waals surface area contributed by atoms with E-state index >= 15 is 0 Å². The van der Waals surface area contributed by atoms with Gasteiger partial charge in [-0.15, -0.1) is 11.3 Å². The summed E-state index contributed by atoms with van der Waals surface area (Å²) in [5, 5.41) is 14.2. The number of nitrogens with zero attached hydrogens (tertiary/aromatic N) is 3. The van der Waals surface area contributed by atoms with Gasteiger partial charge >= 0.3 is 11.9 Å². The Balaban J connectivity index is 2.54. The van der Waals surface area contributed by atoms with E-state index < -0.39 is 28.1 Å². The standard InChI is InChI=1S/C10H6F3N3O3S/c1-5(17)8-2-7(16(18)19)9(20-8)15-4-6(3-14-15)10(11,12)13/h2-4H,1H3. The fraction of sp³-hybridized carbons (Fsp3) is 0.200. The van der Waals surface area contributed by atoms with Gasteiger partial charge in [0.1, 0.15) is 0 Å². The summed E-state index contributed by atoms with van der Waals surface area (Å²) in [5.74, 6) is -0.410. The number of hydrogen-bond donors (Lipinski definition) is 0. The molecule has 0 fully saturated rings. The highest BCUT2D eigenvalue weighted by atomic mass is 32.1. The molecule has 2 aromatic rings. The minimum absolute atomic E-state index is 0.0794. The first-order chi connectivity index (χ1) is 9.20. The van der Waals surface area contributed by atoms with Crippen molar-refractivity contribution in [1.29, 1.82) is 0 Å². The van der Waals surface area contributed by atoms with Crippen molar-refractivity contribution in [2.45, 2.75) is 13.1 Å². The topological polar surface area (TPSA) is 78.0 Å². The molecule has 2 rings (SSSR count). The molecule has 0 unspecified atom stereocenters. The van der Waals surface area contributed by atoms with Gasteiger partial charge in [0.15, 0.2) is 10.8 Å². The molecule has 0 aliphatic rings. The predicted octanol–water partition coefficient (Wildman–Crippen LogP) is 3.06. The van der Waals surface area contributed by atoms with Crippen LogP contribution in [-0.2, 0) is 6.18 Å². The third kappa shape index (κ3) is 2.54. The van der Waals surface area contributed by atoms with Crippen molar-refractivity contribution in [3.05, 3.63) is 39.0 Å². The van der Waals surface area contributed by atoms with E-state index in [1.54, 1.807) is 0 Å². The Morgan fingerprint density at radius 1 is 1.50 bits per heavy atom. The predicted molar refractivity (Wildman–Crippen MR) is 63.1 cm³/mol. The Bertz CT molecular complexity index is 689. The van der Waals surface area contributed by atoms with Crippen LogP contribution in [0.2, 0.25) is 0 Å². The normalized spacial score (nSPS) is 11.6. The number of hydrogen-bond acceptors (Lipinski definition) is 5. The zero-order chi connectivity index (χ0) is 15.1. The summed E-state index contributed by atoms with van der Waals surface area (Å²) in [7, 11) is 0. The quantitative estimate of drug-likeness (QED) is 0.496. The van der Waals surface area contributed by atoms with E-state index in [1.807, 2.05) is 0 Å². The lowest BCUT2D eigenvalue weighted by atomic mass is 10.3. The molecule has 0 aromatic carbocycles. The van der Waals surface area contributed by atoms with E-state index in [9.17, 15) is 28.1 Å². The highest BCUT2D eigenvalue weighted by Crippen LogP contribution is 2.35. The smallest absolute Gasteiger partial charge is 0.294 e. The van der Waals surface area contributed by atoms with Crippen molar-refractivity contribution in [3.8, 4) is 5.00 Å². The molecule has 0 amide bonds. The zero-order valence-corrected chi connectivity index (χ0v) is 10.7. The van der Waals surface area contributed by atoms with E-state index in [-0.39, 0.29) is 9.88 Å². The molecule has 0 saturated heterocycles. The number of aromatic nitrogens is 2. The molecule has 0 saturated carbocycles. The van der Waals surface area contributed by atoms with Crippen LogP contribution < -0.4 is 0 Å². The second-order valence-electron chi connectivity index (χ2n) is 3.79. The van der Waals surface area contributed by atoms with Gasteiger partial charge < -0.3 is 0 Å². The van der Waals surface area contributed by atoms with Crippen molar-refractivity contribution < 1.29 is 22.9 Å². The molecule has 106 valence electrons. The molecule has 6 nitrogen and oxygen atoms in total. The summed E-state index contributed by atoms with van der Waals surface area (Å²) < 4.78 is 38.2. The lowest BCUT2D eigenvalue weighted by Crippen LogP contribution is -2.03. The number of Topliss-reactive ketones (excluding diaryl/α,β-unsaturated/α-hetero) is 1. The van der Waals surface area contributed by atoms with Crippen LogP contribution in [-0.4, -0.2) is 20.5 Å². The maximum atomic E-state index is 12.5. The summed E-state index contributed by atoms with van der Waals surface area (Å²) >= 11 is 0.715. The first-order valence-electron chi connectivity index (χ1n) is 5.11. The summed E-state index contributed by atoms with van der Waals surface area (Å²) in [6.45, 7) is 1.21. The number of alkyl halides is 3. The Kier molecular flexibility index (Phi) is 3.34. The molecular weight excluding hydrogens is 299 g/mol. The molecule has 2 heterocycles. The highest BCUT2D eigenvalue weighted by molar-refractivity contribution is 7.17. The molecule has 0 N–H and O–H groups in total. The minimum atomic E-state index is -4.59. The molecule has 0 aliphatic heterocycles. The van der Waals surface area contributed by atoms with Gasteiger partial charge in [-0.3, -0.25) is 14.9 Å². The van der Waals surface area contributed by atoms with Gasteiger partial charge in [-0.1, -0.05) is 0 Å². The van der Waals surface area contributed by atoms with E-state index in [2.05, 4.69) is 5.10 Å². The summed E-state index contributed by atoms with van der Waals surface area (Å²) in [5.41, 5.74) is -1.48. The Morgan fingerprint density at radius 2 is 2.15 bits per heavy atom. The van der Waals surface area contributed by atoms with Crippen LogP contribution in [0.3, 0.4) is 0 Å². The van der Waals surface area contributed by atoms with E-state index in [4.69, 9.17) is 0 Å². The number of carbonyl (C=O) groups is 1. The molecule has 0 bridgehead atoms. The first-order valence-corrected chi connectivity index (χ1v) is 5.93. The van der Waals surface area contributed by atoms with Crippen molar-refractivity contribution >= 4 is 22.8 Å². The van der Waals surface area contributed by atoms with E-state index in [0.717, 1.165) is 10.7 Å². The molecule has 0 aliphatic carbocycles. The van der Waals surface area contributed by atoms with Crippen molar-refractivity contribution in [2.24, 2.45) is 0 Å². The molecule has 0 radical (unpaired) electrons. The van der Waals surface area contributed by atoms with Crippen molar-refractivity contribution in [2.75, 3.05) is 0 Å². The van der Waals surface area contributed by atoms with Crippen molar-refractivity contribution in [1.82, 2.24) is 9.78 Å². The van der Waals surface area contributed by atoms with Crippen molar-refractivity contribution in [3.63, 3.8) is 0 Å². The molecule has 0 atom stereocenters. The molecule has 0 spiro atoms. The average Bonchev–Trinajstić information content (AvgIpc) is 2.94. The van der Waals surface area contributed by atoms with Crippen LogP contribution in [0.5, 0.6) is 0 Å². The molecule has 2 aromatic heterocycles. The van der Waals surface area contributed by atoms with E-state index in [0.29, 0.717) is 23.7 Å². The van der Waals surface area contributed by atoms with Crippen LogP contribution in [0.15, 0.2) is 18.5 Å². The van der Waals surface area contributed by atoms with Gasteiger partial charge in [0.25, 0.3) is 0 Å². The molecule has 10 heteroatoms. The largest absolute Gasteiger partial charge is 0.419 e. The average molecular weight is 305 g/mol. The summed E-state index contributed by atoms with van der Waals surface area (Å²) in [4.78, 5) is 21.4. The van der Waals surface area contributed by atoms with Crippen LogP contribution in [0.25, 0.3) is 5.00 Å². The third-order valence-corrected chi connectivity index (χ3v) is 3.57. The van der Waals surface area contributed by atoms with Gasteiger partial charge in [0, 0.05) is 12.3 Å².